The van der Waals surface area contributed by atoms with E-state index in [-0.39, 0.29) is 11.2 Å². The van der Waals surface area contributed by atoms with Gasteiger partial charge in [-0.05, 0) is 41.5 Å². The van der Waals surface area contributed by atoms with Crippen LogP contribution in [0.3, 0.4) is 0 Å². The van der Waals surface area contributed by atoms with Crippen molar-refractivity contribution in [3.63, 3.8) is 0 Å². The van der Waals surface area contributed by atoms with E-state index in [1.165, 1.54) is 47.9 Å². The lowest BCUT2D eigenvalue weighted by molar-refractivity contribution is -0.180. The molecule has 2 rings (SSSR count). The van der Waals surface area contributed by atoms with Crippen molar-refractivity contribution in [1.82, 2.24) is 19.9 Å². The van der Waals surface area contributed by atoms with Gasteiger partial charge in [0.05, 0.1) is 6.33 Å². The summed E-state index contributed by atoms with van der Waals surface area (Å²) in [6.07, 6.45) is 1.21. The Labute approximate surface area is 165 Å². The SMILES string of the molecule is CC(C)(C)OC(=O)C(Nc1nc2nc[nH]c2c(=O)[nH]1)(C(=O)O)C(=O)OC(C)(C)C. The van der Waals surface area contributed by atoms with Crippen LogP contribution in [0.25, 0.3) is 11.2 Å². The second-order valence-electron chi connectivity index (χ2n) is 8.20. The van der Waals surface area contributed by atoms with Crippen LogP contribution in [0.15, 0.2) is 11.1 Å². The van der Waals surface area contributed by atoms with Crippen molar-refractivity contribution in [2.75, 3.05) is 5.32 Å². The minimum absolute atomic E-state index is 0.0333. The zero-order valence-corrected chi connectivity index (χ0v) is 16.9. The molecule has 0 saturated heterocycles. The molecule has 2 aromatic heterocycles. The number of aromatic amines is 2. The van der Waals surface area contributed by atoms with Gasteiger partial charge in [0.2, 0.25) is 5.95 Å². The molecule has 12 heteroatoms. The zero-order chi connectivity index (χ0) is 22.2. The Morgan fingerprint density at radius 3 is 2.00 bits per heavy atom. The number of aliphatic carboxylic acids is 1. The Bertz CT molecular complexity index is 982. The van der Waals surface area contributed by atoms with Crippen molar-refractivity contribution < 1.29 is 29.0 Å². The number of fused-ring (bicyclic) bond motifs is 1. The number of rotatable bonds is 5. The van der Waals surface area contributed by atoms with Gasteiger partial charge in [0.1, 0.15) is 11.2 Å². The molecule has 0 aromatic carbocycles. The van der Waals surface area contributed by atoms with Gasteiger partial charge >= 0.3 is 23.4 Å². The number of hydrogen-bond acceptors (Lipinski definition) is 9. The number of esters is 2. The van der Waals surface area contributed by atoms with Gasteiger partial charge in [-0.15, -0.1) is 0 Å². The second kappa shape index (κ2) is 7.18. The van der Waals surface area contributed by atoms with Crippen molar-refractivity contribution in [2.24, 2.45) is 0 Å². The van der Waals surface area contributed by atoms with Crippen LogP contribution in [-0.4, -0.2) is 59.7 Å². The quantitative estimate of drug-likeness (QED) is 0.403. The van der Waals surface area contributed by atoms with E-state index in [2.05, 4.69) is 25.3 Å². The van der Waals surface area contributed by atoms with Gasteiger partial charge in [-0.3, -0.25) is 9.78 Å². The van der Waals surface area contributed by atoms with E-state index in [9.17, 15) is 24.3 Å². The highest BCUT2D eigenvalue weighted by Crippen LogP contribution is 2.23. The summed E-state index contributed by atoms with van der Waals surface area (Å²) < 4.78 is 10.3. The normalized spacial score (nSPS) is 12.5. The number of carbonyl (C=O) groups excluding carboxylic acids is 2. The van der Waals surface area contributed by atoms with Crippen LogP contribution in [0.4, 0.5) is 5.95 Å². The number of H-pyrrole nitrogens is 2. The van der Waals surface area contributed by atoms with Gasteiger partial charge in [0.25, 0.3) is 5.56 Å². The molecule has 2 heterocycles. The maximum absolute atomic E-state index is 12.8. The van der Waals surface area contributed by atoms with E-state index in [1.54, 1.807) is 0 Å². The number of ether oxygens (including phenoxy) is 2. The largest absolute Gasteiger partial charge is 0.479 e. The van der Waals surface area contributed by atoms with Gasteiger partial charge in [0.15, 0.2) is 11.2 Å². The van der Waals surface area contributed by atoms with Crippen molar-refractivity contribution in [1.29, 1.82) is 0 Å². The molecule has 0 amide bonds. The summed E-state index contributed by atoms with van der Waals surface area (Å²) in [5, 5.41) is 12.0. The lowest BCUT2D eigenvalue weighted by Crippen LogP contribution is -2.63. The van der Waals surface area contributed by atoms with E-state index >= 15 is 0 Å². The average molecular weight is 409 g/mol. The molecule has 0 radical (unpaired) electrons. The minimum Gasteiger partial charge on any atom is -0.479 e. The standard InChI is InChI=1S/C17H23N5O7/c1-15(2,3)28-12(26)17(11(24)25,13(27)29-16(4,5)6)22-14-20-9-8(10(23)21-14)18-7-19-9/h7H,1-6H3,(H,24,25)(H3,18,19,20,21,22,23). The smallest absolute Gasteiger partial charge is 0.356 e. The molecule has 0 bridgehead atoms. The molecule has 0 aliphatic carbocycles. The molecule has 0 aliphatic rings. The van der Waals surface area contributed by atoms with Crippen LogP contribution in [-0.2, 0) is 23.9 Å². The number of nitrogens with zero attached hydrogens (tertiary/aromatic N) is 2. The van der Waals surface area contributed by atoms with Crippen LogP contribution in [0.5, 0.6) is 0 Å². The van der Waals surface area contributed by atoms with Crippen molar-refractivity contribution >= 4 is 35.0 Å². The maximum atomic E-state index is 12.8. The third kappa shape index (κ3) is 4.70. The molecule has 0 unspecified atom stereocenters. The molecule has 4 N–H and O–H groups in total. The fourth-order valence-electron chi connectivity index (χ4n) is 2.20. The fraction of sp³-hybridized carbons (Fsp3) is 0.529. The molecule has 158 valence electrons. The molecule has 29 heavy (non-hydrogen) atoms. The maximum Gasteiger partial charge on any atom is 0.356 e. The highest BCUT2D eigenvalue weighted by atomic mass is 16.6. The first-order valence-electron chi connectivity index (χ1n) is 8.57. The highest BCUT2D eigenvalue weighted by molar-refractivity contribution is 6.25. The summed E-state index contributed by atoms with van der Waals surface area (Å²) in [6.45, 7) is 9.01. The Balaban J connectivity index is 2.62. The third-order valence-corrected chi connectivity index (χ3v) is 3.33. The van der Waals surface area contributed by atoms with Crippen molar-refractivity contribution in [2.45, 2.75) is 58.3 Å². The Hall–Kier alpha value is -3.44. The summed E-state index contributed by atoms with van der Waals surface area (Å²) in [4.78, 5) is 62.6. The van der Waals surface area contributed by atoms with Crippen LogP contribution in [0.1, 0.15) is 41.5 Å². The molecule has 0 saturated carbocycles. The molecule has 12 nitrogen and oxygen atoms in total. The predicted molar refractivity (Wildman–Crippen MR) is 100 cm³/mol. The number of carboxylic acid groups (broad SMARTS) is 1. The van der Waals surface area contributed by atoms with Gasteiger partial charge in [-0.2, -0.15) is 4.98 Å². The Morgan fingerprint density at radius 2 is 1.55 bits per heavy atom. The Morgan fingerprint density at radius 1 is 1.03 bits per heavy atom. The highest BCUT2D eigenvalue weighted by Gasteiger charge is 2.59. The van der Waals surface area contributed by atoms with E-state index in [1.807, 2.05) is 0 Å². The first-order chi connectivity index (χ1) is 13.2. The van der Waals surface area contributed by atoms with E-state index < -0.39 is 46.2 Å². The molecular formula is C17H23N5O7. The Kier molecular flexibility index (Phi) is 5.41. The van der Waals surface area contributed by atoms with Crippen molar-refractivity contribution in [3.8, 4) is 0 Å². The number of hydrogen-bond donors (Lipinski definition) is 4. The number of anilines is 1. The molecule has 0 aliphatic heterocycles. The number of carbonyl (C=O) groups is 3. The monoisotopic (exact) mass is 409 g/mol. The summed E-state index contributed by atoms with van der Waals surface area (Å²) in [7, 11) is 0. The van der Waals surface area contributed by atoms with Crippen LogP contribution < -0.4 is 10.9 Å². The third-order valence-electron chi connectivity index (χ3n) is 3.33. The summed E-state index contributed by atoms with van der Waals surface area (Å²) in [5.74, 6) is -5.24. The van der Waals surface area contributed by atoms with Gasteiger partial charge in [-0.25, -0.2) is 19.4 Å². The van der Waals surface area contributed by atoms with Gasteiger partial charge < -0.3 is 24.9 Å². The first kappa shape index (κ1) is 21.9. The summed E-state index contributed by atoms with van der Waals surface area (Å²) >= 11 is 0. The molecular weight excluding hydrogens is 386 g/mol. The van der Waals surface area contributed by atoms with E-state index in [4.69, 9.17) is 9.47 Å². The summed E-state index contributed by atoms with van der Waals surface area (Å²) in [6, 6.07) is 0. The van der Waals surface area contributed by atoms with Crippen LogP contribution >= 0.6 is 0 Å². The van der Waals surface area contributed by atoms with Crippen molar-refractivity contribution in [3.05, 3.63) is 16.7 Å². The predicted octanol–water partition coefficient (Wildman–Crippen LogP) is 0.565. The summed E-state index contributed by atoms with van der Waals surface area (Å²) in [5.41, 5.74) is -5.97. The average Bonchev–Trinajstić information content (AvgIpc) is 2.97. The second-order valence-corrected chi connectivity index (χ2v) is 8.20. The number of nitrogens with one attached hydrogen (secondary N) is 3. The van der Waals surface area contributed by atoms with Gasteiger partial charge in [-0.1, -0.05) is 0 Å². The first-order valence-corrected chi connectivity index (χ1v) is 8.57. The van der Waals surface area contributed by atoms with Crippen LogP contribution in [0, 0.1) is 0 Å². The van der Waals surface area contributed by atoms with E-state index in [0.717, 1.165) is 0 Å². The van der Waals surface area contributed by atoms with Crippen LogP contribution in [0.2, 0.25) is 0 Å². The van der Waals surface area contributed by atoms with Gasteiger partial charge in [0, 0.05) is 0 Å². The zero-order valence-electron chi connectivity index (χ0n) is 16.9. The molecule has 0 spiro atoms. The molecule has 0 atom stereocenters. The lowest BCUT2D eigenvalue weighted by atomic mass is 9.98. The number of imidazole rings is 1. The molecule has 2 aromatic rings. The fourth-order valence-corrected chi connectivity index (χ4v) is 2.20. The van der Waals surface area contributed by atoms with E-state index in [0.29, 0.717) is 0 Å². The lowest BCUT2D eigenvalue weighted by Gasteiger charge is -2.32. The number of aromatic nitrogens is 4. The molecule has 0 fully saturated rings. The topological polar surface area (TPSA) is 176 Å². The number of carboxylic acids is 1. The minimum atomic E-state index is -3.03.